The van der Waals surface area contributed by atoms with Gasteiger partial charge in [0.25, 0.3) is 0 Å². The van der Waals surface area contributed by atoms with Crippen LogP contribution >= 0.6 is 0 Å². The summed E-state index contributed by atoms with van der Waals surface area (Å²) in [7, 11) is 1.62. The Morgan fingerprint density at radius 1 is 0.746 bits per heavy atom. The van der Waals surface area contributed by atoms with Crippen LogP contribution in [0.25, 0.3) is 0 Å². The standard InChI is InChI=1S/C60H99N3O8/c1-42(2)20-19-21-43(3)49-28-29-50-48-27-24-45-40-47(32-35-59(45,11)51(48)33-36-60(49,50)12)70-53(65)31-30-52(64)63(39-37-58(9,10)62-55(67)71-56(4,5)6)38-18-16-14-15-17-34-57(7,8)61-54(66)69-41-44-22-25-46(68-13)26-23-44/h22-26,42-43,47-51H,14-21,27-41H2,1-13H3,(H,61,66)(H,62,67). The van der Waals surface area contributed by atoms with E-state index in [4.69, 9.17) is 18.9 Å². The fraction of sp³-hybridized carbons (Fsp3) is 0.800. The Labute approximate surface area is 430 Å². The van der Waals surface area contributed by atoms with Crippen molar-refractivity contribution in [3.05, 3.63) is 41.5 Å². The highest BCUT2D eigenvalue weighted by molar-refractivity contribution is 5.81. The number of amides is 3. The number of ether oxygens (including phenoxy) is 4. The van der Waals surface area contributed by atoms with Gasteiger partial charge in [0.1, 0.15) is 24.1 Å². The van der Waals surface area contributed by atoms with E-state index in [-0.39, 0.29) is 42.8 Å². The van der Waals surface area contributed by atoms with Crippen molar-refractivity contribution in [2.24, 2.45) is 46.3 Å². The summed E-state index contributed by atoms with van der Waals surface area (Å²) < 4.78 is 22.4. The molecular weight excluding hydrogens is 891 g/mol. The molecule has 0 radical (unpaired) electrons. The highest BCUT2D eigenvalue weighted by Crippen LogP contribution is 2.67. The van der Waals surface area contributed by atoms with E-state index in [1.165, 1.54) is 56.9 Å². The van der Waals surface area contributed by atoms with Crippen LogP contribution in [0.3, 0.4) is 0 Å². The maximum atomic E-state index is 13.9. The van der Waals surface area contributed by atoms with E-state index >= 15 is 0 Å². The predicted molar refractivity (Wildman–Crippen MR) is 285 cm³/mol. The van der Waals surface area contributed by atoms with Gasteiger partial charge < -0.3 is 34.5 Å². The number of unbranched alkanes of at least 4 members (excludes halogenated alkanes) is 4. The number of esters is 1. The molecule has 11 heteroatoms. The number of hydrogen-bond donors (Lipinski definition) is 2. The van der Waals surface area contributed by atoms with Gasteiger partial charge in [-0.15, -0.1) is 0 Å². The Kier molecular flexibility index (Phi) is 20.8. The van der Waals surface area contributed by atoms with Crippen molar-refractivity contribution < 1.29 is 38.1 Å². The summed E-state index contributed by atoms with van der Waals surface area (Å²) in [6.07, 6.45) is 21.2. The summed E-state index contributed by atoms with van der Waals surface area (Å²) in [6.45, 7) is 27.1. The minimum atomic E-state index is -0.621. The Morgan fingerprint density at radius 2 is 1.42 bits per heavy atom. The summed E-state index contributed by atoms with van der Waals surface area (Å²) in [4.78, 5) is 54.6. The van der Waals surface area contributed by atoms with Crippen molar-refractivity contribution in [2.45, 2.75) is 241 Å². The third-order valence-electron chi connectivity index (χ3n) is 17.5. The maximum Gasteiger partial charge on any atom is 0.408 e. The number of hydrogen-bond acceptors (Lipinski definition) is 8. The average molecular weight is 990 g/mol. The van der Waals surface area contributed by atoms with Crippen LogP contribution in [0.15, 0.2) is 35.9 Å². The molecule has 0 spiro atoms. The molecule has 1 aromatic carbocycles. The van der Waals surface area contributed by atoms with Gasteiger partial charge in [-0.2, -0.15) is 0 Å². The minimum absolute atomic E-state index is 0.0581. The van der Waals surface area contributed by atoms with E-state index in [1.54, 1.807) is 7.11 Å². The van der Waals surface area contributed by atoms with Crippen molar-refractivity contribution in [3.8, 4) is 5.75 Å². The van der Waals surface area contributed by atoms with Crippen molar-refractivity contribution >= 4 is 24.1 Å². The first-order chi connectivity index (χ1) is 33.3. The highest BCUT2D eigenvalue weighted by Gasteiger charge is 2.59. The molecule has 0 aromatic heterocycles. The van der Waals surface area contributed by atoms with Crippen LogP contribution in [-0.2, 0) is 30.4 Å². The molecule has 8 atom stereocenters. The lowest BCUT2D eigenvalue weighted by Crippen LogP contribution is -2.51. The first kappa shape index (κ1) is 58.1. The summed E-state index contributed by atoms with van der Waals surface area (Å²) in [5.74, 6) is 5.14. The van der Waals surface area contributed by atoms with Crippen LogP contribution < -0.4 is 15.4 Å². The topological polar surface area (TPSA) is 132 Å². The zero-order valence-electron chi connectivity index (χ0n) is 46.9. The van der Waals surface area contributed by atoms with Gasteiger partial charge in [-0.25, -0.2) is 9.59 Å². The first-order valence-electron chi connectivity index (χ1n) is 28.1. The molecule has 0 heterocycles. The Morgan fingerprint density at radius 3 is 2.11 bits per heavy atom. The van der Waals surface area contributed by atoms with Gasteiger partial charge in [0, 0.05) is 37.0 Å². The molecule has 2 N–H and O–H groups in total. The number of nitrogens with zero attached hydrogens (tertiary/aromatic N) is 1. The Bertz CT molecular complexity index is 1920. The number of nitrogens with one attached hydrogen (secondary N) is 2. The number of methoxy groups -OCH3 is 1. The molecule has 4 aliphatic carbocycles. The van der Waals surface area contributed by atoms with Gasteiger partial charge in [-0.1, -0.05) is 103 Å². The Balaban J connectivity index is 1.08. The van der Waals surface area contributed by atoms with Gasteiger partial charge in [-0.05, 0) is 177 Å². The van der Waals surface area contributed by atoms with Crippen LogP contribution in [0.2, 0.25) is 0 Å². The van der Waals surface area contributed by atoms with Crippen LogP contribution in [0.1, 0.15) is 217 Å². The van der Waals surface area contributed by atoms with Crippen molar-refractivity contribution in [1.82, 2.24) is 15.5 Å². The number of alkyl carbamates (subject to hydrolysis) is 2. The molecule has 402 valence electrons. The number of carbonyl (C=O) groups excluding carboxylic acids is 4. The minimum Gasteiger partial charge on any atom is -0.497 e. The predicted octanol–water partition coefficient (Wildman–Crippen LogP) is 14.3. The van der Waals surface area contributed by atoms with Crippen LogP contribution in [0.5, 0.6) is 5.75 Å². The largest absolute Gasteiger partial charge is 0.497 e. The van der Waals surface area contributed by atoms with Gasteiger partial charge in [-0.3, -0.25) is 9.59 Å². The van der Waals surface area contributed by atoms with Gasteiger partial charge in [0.05, 0.1) is 13.5 Å². The number of benzene rings is 1. The molecule has 11 nitrogen and oxygen atoms in total. The van der Waals surface area contributed by atoms with Gasteiger partial charge >= 0.3 is 18.2 Å². The lowest BCUT2D eigenvalue weighted by atomic mass is 9.47. The second-order valence-corrected chi connectivity index (χ2v) is 25.7. The molecule has 1 aromatic rings. The molecule has 3 saturated carbocycles. The summed E-state index contributed by atoms with van der Waals surface area (Å²) in [5, 5.41) is 5.99. The van der Waals surface area contributed by atoms with E-state index in [2.05, 4.69) is 51.3 Å². The van der Waals surface area contributed by atoms with E-state index in [1.807, 2.05) is 77.6 Å². The second kappa shape index (κ2) is 25.5. The maximum absolute atomic E-state index is 13.9. The van der Waals surface area contributed by atoms with E-state index in [0.29, 0.717) is 30.8 Å². The normalized spacial score (nSPS) is 25.7. The van der Waals surface area contributed by atoms with Crippen LogP contribution in [-0.4, -0.2) is 71.9 Å². The van der Waals surface area contributed by atoms with Crippen molar-refractivity contribution in [1.29, 1.82) is 0 Å². The number of carbonyl (C=O) groups is 4. The lowest BCUT2D eigenvalue weighted by Gasteiger charge is -2.58. The monoisotopic (exact) mass is 990 g/mol. The zero-order valence-corrected chi connectivity index (χ0v) is 46.9. The SMILES string of the molecule is COc1ccc(COC(=O)NC(C)(C)CCCCCCCN(CCC(C)(C)NC(=O)OC(C)(C)C)C(=O)CCC(=O)OC2CCC3(C)C(=CCC4C3CCC3(C)C(C(C)CCCC(C)C)CCC43)C2)cc1. The molecule has 4 aliphatic rings. The lowest BCUT2D eigenvalue weighted by molar-refractivity contribution is -0.153. The first-order valence-corrected chi connectivity index (χ1v) is 28.1. The van der Waals surface area contributed by atoms with Crippen LogP contribution in [0.4, 0.5) is 9.59 Å². The highest BCUT2D eigenvalue weighted by atomic mass is 16.6. The fourth-order valence-electron chi connectivity index (χ4n) is 13.4. The zero-order chi connectivity index (χ0) is 52.2. The second-order valence-electron chi connectivity index (χ2n) is 25.7. The van der Waals surface area contributed by atoms with Gasteiger partial charge in [0.2, 0.25) is 5.91 Å². The molecule has 0 saturated heterocycles. The molecule has 0 bridgehead atoms. The average Bonchev–Trinajstić information content (AvgIpc) is 3.64. The number of allylic oxidation sites excluding steroid dienone is 1. The molecule has 8 unspecified atom stereocenters. The summed E-state index contributed by atoms with van der Waals surface area (Å²) in [6, 6.07) is 7.44. The van der Waals surface area contributed by atoms with Crippen molar-refractivity contribution in [3.63, 3.8) is 0 Å². The molecule has 5 rings (SSSR count). The van der Waals surface area contributed by atoms with E-state index in [0.717, 1.165) is 98.7 Å². The molecule has 3 fully saturated rings. The third kappa shape index (κ3) is 17.2. The summed E-state index contributed by atoms with van der Waals surface area (Å²) in [5.41, 5.74) is 1.38. The summed E-state index contributed by atoms with van der Waals surface area (Å²) >= 11 is 0. The van der Waals surface area contributed by atoms with E-state index in [9.17, 15) is 19.2 Å². The van der Waals surface area contributed by atoms with Crippen LogP contribution in [0, 0.1) is 46.3 Å². The quantitative estimate of drug-likeness (QED) is 0.0428. The molecule has 3 amide bonds. The fourth-order valence-corrected chi connectivity index (χ4v) is 13.4. The molecule has 71 heavy (non-hydrogen) atoms. The third-order valence-corrected chi connectivity index (χ3v) is 17.5. The Hall–Kier alpha value is -3.76. The van der Waals surface area contributed by atoms with Gasteiger partial charge in [0.15, 0.2) is 0 Å². The molecule has 0 aliphatic heterocycles. The molecular formula is C60H99N3O8. The van der Waals surface area contributed by atoms with E-state index < -0.39 is 28.9 Å². The number of fused-ring (bicyclic) bond motifs is 5. The smallest absolute Gasteiger partial charge is 0.408 e. The number of rotatable bonds is 25. The van der Waals surface area contributed by atoms with Crippen molar-refractivity contribution in [2.75, 3.05) is 20.2 Å².